The maximum absolute atomic E-state index is 12.1. The predicted molar refractivity (Wildman–Crippen MR) is 78.4 cm³/mol. The van der Waals surface area contributed by atoms with Crippen LogP contribution in [0.4, 0.5) is 0 Å². The minimum absolute atomic E-state index is 0.0900. The van der Waals surface area contributed by atoms with E-state index in [1.165, 1.54) is 17.7 Å². The minimum Gasteiger partial charge on any atom is -0.396 e. The van der Waals surface area contributed by atoms with Crippen molar-refractivity contribution in [3.63, 3.8) is 0 Å². The number of hydrogen-bond acceptors (Lipinski definition) is 3. The molecular weight excluding hydrogens is 258 g/mol. The van der Waals surface area contributed by atoms with Crippen molar-refractivity contribution in [1.29, 1.82) is 0 Å². The van der Waals surface area contributed by atoms with Gasteiger partial charge in [0.2, 0.25) is 5.91 Å². The van der Waals surface area contributed by atoms with Crippen molar-refractivity contribution in [3.8, 4) is 0 Å². The van der Waals surface area contributed by atoms with Crippen LogP contribution in [-0.2, 0) is 11.2 Å². The van der Waals surface area contributed by atoms with Gasteiger partial charge < -0.3 is 10.4 Å². The second kappa shape index (κ2) is 7.06. The maximum atomic E-state index is 12.1. The van der Waals surface area contributed by atoms with Crippen molar-refractivity contribution >= 4 is 17.2 Å². The summed E-state index contributed by atoms with van der Waals surface area (Å²) in [4.78, 5) is 14.4. The Morgan fingerprint density at radius 3 is 2.84 bits per heavy atom. The first-order valence-electron chi connectivity index (χ1n) is 7.14. The third kappa shape index (κ3) is 4.32. The molecule has 2 unspecified atom stereocenters. The Bertz CT molecular complexity index is 416. The van der Waals surface area contributed by atoms with Crippen molar-refractivity contribution in [1.82, 2.24) is 5.32 Å². The van der Waals surface area contributed by atoms with Gasteiger partial charge in [-0.15, -0.1) is 11.3 Å². The summed E-state index contributed by atoms with van der Waals surface area (Å²) in [5.74, 6) is 0.323. The van der Waals surface area contributed by atoms with Crippen LogP contribution in [0.15, 0.2) is 12.1 Å². The van der Waals surface area contributed by atoms with Crippen LogP contribution < -0.4 is 5.32 Å². The van der Waals surface area contributed by atoms with Gasteiger partial charge in [-0.25, -0.2) is 0 Å². The molecule has 2 rings (SSSR count). The second-order valence-electron chi connectivity index (χ2n) is 5.44. The van der Waals surface area contributed by atoms with E-state index >= 15 is 0 Å². The van der Waals surface area contributed by atoms with Gasteiger partial charge in [0.1, 0.15) is 0 Å². The quantitative estimate of drug-likeness (QED) is 0.834. The number of aliphatic hydroxyl groups is 1. The number of hydrogen-bond donors (Lipinski definition) is 2. The molecule has 2 atom stereocenters. The highest BCUT2D eigenvalue weighted by Gasteiger charge is 2.24. The third-order valence-electron chi connectivity index (χ3n) is 3.87. The highest BCUT2D eigenvalue weighted by Crippen LogP contribution is 2.23. The van der Waals surface area contributed by atoms with E-state index in [1.54, 1.807) is 11.3 Å². The van der Waals surface area contributed by atoms with Crippen LogP contribution in [0.1, 0.15) is 41.9 Å². The summed E-state index contributed by atoms with van der Waals surface area (Å²) in [6, 6.07) is 4.23. The van der Waals surface area contributed by atoms with E-state index in [2.05, 4.69) is 18.3 Å². The molecule has 2 N–H and O–H groups in total. The molecular formula is C15H23NO2S. The molecule has 0 aromatic carbocycles. The smallest absolute Gasteiger partial charge is 0.225 e. The molecule has 1 aliphatic rings. The zero-order valence-corrected chi connectivity index (χ0v) is 12.3. The highest BCUT2D eigenvalue weighted by atomic mass is 32.1. The molecule has 1 heterocycles. The average Bonchev–Trinajstić information content (AvgIpc) is 2.65. The topological polar surface area (TPSA) is 49.3 Å². The molecule has 19 heavy (non-hydrogen) atoms. The van der Waals surface area contributed by atoms with E-state index in [-0.39, 0.29) is 24.5 Å². The zero-order valence-electron chi connectivity index (χ0n) is 11.5. The van der Waals surface area contributed by atoms with Crippen molar-refractivity contribution in [2.45, 2.75) is 51.5 Å². The first-order chi connectivity index (χ1) is 9.19. The van der Waals surface area contributed by atoms with Gasteiger partial charge in [0.15, 0.2) is 0 Å². The van der Waals surface area contributed by atoms with Gasteiger partial charge in [-0.05, 0) is 31.9 Å². The van der Waals surface area contributed by atoms with E-state index in [0.29, 0.717) is 6.42 Å². The molecule has 0 radical (unpaired) electrons. The van der Waals surface area contributed by atoms with Crippen LogP contribution in [0.3, 0.4) is 0 Å². The molecule has 0 saturated heterocycles. The normalized spacial score (nSPS) is 23.9. The fraction of sp³-hybridized carbons (Fsp3) is 0.667. The lowest BCUT2D eigenvalue weighted by Gasteiger charge is -2.24. The van der Waals surface area contributed by atoms with E-state index < -0.39 is 0 Å². The van der Waals surface area contributed by atoms with Gasteiger partial charge in [-0.3, -0.25) is 4.79 Å². The summed E-state index contributed by atoms with van der Waals surface area (Å²) in [6.45, 7) is 2.24. The SMILES string of the molecule is Cc1ccc(CC(=O)NC2CCCCCC2CO)s1. The monoisotopic (exact) mass is 281 g/mol. The number of aliphatic hydroxyl groups excluding tert-OH is 1. The summed E-state index contributed by atoms with van der Waals surface area (Å²) in [5, 5.41) is 12.6. The van der Waals surface area contributed by atoms with E-state index in [0.717, 1.165) is 24.1 Å². The zero-order chi connectivity index (χ0) is 13.7. The molecule has 1 fully saturated rings. The molecule has 3 nitrogen and oxygen atoms in total. The van der Waals surface area contributed by atoms with Gasteiger partial charge in [0.25, 0.3) is 0 Å². The van der Waals surface area contributed by atoms with E-state index in [9.17, 15) is 9.90 Å². The number of aryl methyl sites for hydroxylation is 1. The lowest BCUT2D eigenvalue weighted by Crippen LogP contribution is -2.41. The molecule has 106 valence electrons. The fourth-order valence-corrected chi connectivity index (χ4v) is 3.68. The summed E-state index contributed by atoms with van der Waals surface area (Å²) < 4.78 is 0. The Kier molecular flexibility index (Phi) is 5.40. The number of carbonyl (C=O) groups excluding carboxylic acids is 1. The molecule has 0 aliphatic heterocycles. The highest BCUT2D eigenvalue weighted by molar-refractivity contribution is 7.12. The predicted octanol–water partition coefficient (Wildman–Crippen LogP) is 2.66. The van der Waals surface area contributed by atoms with Gasteiger partial charge in [0.05, 0.1) is 6.42 Å². The van der Waals surface area contributed by atoms with Crippen molar-refractivity contribution in [2.75, 3.05) is 6.61 Å². The Labute approximate surface area is 119 Å². The standard InChI is InChI=1S/C15H23NO2S/c1-11-7-8-13(19-11)9-15(18)16-14-6-4-2-3-5-12(14)10-17/h7-8,12,14,17H,2-6,9-10H2,1H3,(H,16,18). The molecule has 1 saturated carbocycles. The molecule has 4 heteroatoms. The van der Waals surface area contributed by atoms with Crippen LogP contribution in [0.2, 0.25) is 0 Å². The average molecular weight is 281 g/mol. The first-order valence-corrected chi connectivity index (χ1v) is 7.96. The van der Waals surface area contributed by atoms with Crippen LogP contribution in [0.5, 0.6) is 0 Å². The van der Waals surface area contributed by atoms with Gasteiger partial charge >= 0.3 is 0 Å². The van der Waals surface area contributed by atoms with Crippen molar-refractivity contribution < 1.29 is 9.90 Å². The van der Waals surface area contributed by atoms with Gasteiger partial charge in [0, 0.05) is 28.3 Å². The Hall–Kier alpha value is -0.870. The molecule has 1 aromatic rings. The number of thiophene rings is 1. The van der Waals surface area contributed by atoms with E-state index in [1.807, 2.05) is 6.07 Å². The van der Waals surface area contributed by atoms with Crippen LogP contribution >= 0.6 is 11.3 Å². The first kappa shape index (κ1) is 14.5. The molecule has 0 bridgehead atoms. The summed E-state index contributed by atoms with van der Waals surface area (Å²) >= 11 is 1.68. The Morgan fingerprint density at radius 1 is 1.37 bits per heavy atom. The molecule has 0 spiro atoms. The summed E-state index contributed by atoms with van der Waals surface area (Å²) in [5.41, 5.74) is 0. The number of rotatable bonds is 4. The molecule has 1 aromatic heterocycles. The summed E-state index contributed by atoms with van der Waals surface area (Å²) in [6.07, 6.45) is 6.03. The molecule has 1 amide bonds. The van der Waals surface area contributed by atoms with Crippen LogP contribution in [-0.4, -0.2) is 23.7 Å². The number of nitrogens with one attached hydrogen (secondary N) is 1. The lowest BCUT2D eigenvalue weighted by atomic mass is 9.95. The van der Waals surface area contributed by atoms with Gasteiger partial charge in [-0.1, -0.05) is 19.3 Å². The third-order valence-corrected chi connectivity index (χ3v) is 4.87. The van der Waals surface area contributed by atoms with Crippen LogP contribution in [0, 0.1) is 12.8 Å². The number of amides is 1. The van der Waals surface area contributed by atoms with Gasteiger partial charge in [-0.2, -0.15) is 0 Å². The summed E-state index contributed by atoms with van der Waals surface area (Å²) in [7, 11) is 0. The Balaban J connectivity index is 1.89. The minimum atomic E-state index is 0.0900. The van der Waals surface area contributed by atoms with Crippen molar-refractivity contribution in [3.05, 3.63) is 21.9 Å². The maximum Gasteiger partial charge on any atom is 0.225 e. The van der Waals surface area contributed by atoms with E-state index in [4.69, 9.17) is 0 Å². The lowest BCUT2D eigenvalue weighted by molar-refractivity contribution is -0.121. The van der Waals surface area contributed by atoms with Crippen LogP contribution in [0.25, 0.3) is 0 Å². The second-order valence-corrected chi connectivity index (χ2v) is 6.82. The molecule has 1 aliphatic carbocycles. The fourth-order valence-electron chi connectivity index (χ4n) is 2.79. The Morgan fingerprint density at radius 2 is 2.16 bits per heavy atom. The largest absolute Gasteiger partial charge is 0.396 e. The number of carbonyl (C=O) groups is 1. The van der Waals surface area contributed by atoms with Crippen molar-refractivity contribution in [2.24, 2.45) is 5.92 Å².